The molecule has 2 aromatic rings. The minimum absolute atomic E-state index is 0.296. The van der Waals surface area contributed by atoms with Crippen molar-refractivity contribution in [2.24, 2.45) is 0 Å². The van der Waals surface area contributed by atoms with Crippen LogP contribution in [0.2, 0.25) is 5.02 Å². The first-order valence-electron chi connectivity index (χ1n) is 10.0. The number of hydrogen-bond acceptors (Lipinski definition) is 6. The van der Waals surface area contributed by atoms with Gasteiger partial charge < -0.3 is 30.3 Å². The third-order valence-electron chi connectivity index (χ3n) is 4.94. The van der Waals surface area contributed by atoms with E-state index in [4.69, 9.17) is 31.3 Å². The van der Waals surface area contributed by atoms with Crippen molar-refractivity contribution in [1.82, 2.24) is 5.32 Å². The Kier molecular flexibility index (Phi) is 7.97. The number of nitrogens with one attached hydrogen (secondary N) is 2. The fourth-order valence-corrected chi connectivity index (χ4v) is 3.63. The van der Waals surface area contributed by atoms with Gasteiger partial charge in [-0.25, -0.2) is 0 Å². The van der Waals surface area contributed by atoms with Gasteiger partial charge in [0.05, 0.1) is 23.6 Å². The number of carboxylic acids is 2. The maximum absolute atomic E-state index is 9.64. The summed E-state index contributed by atoms with van der Waals surface area (Å²) in [6, 6.07) is 10.2. The zero-order valence-corrected chi connectivity index (χ0v) is 17.7. The van der Waals surface area contributed by atoms with Crippen LogP contribution >= 0.6 is 11.6 Å². The summed E-state index contributed by atoms with van der Waals surface area (Å²) in [5.41, 5.74) is 4.93. The van der Waals surface area contributed by atoms with E-state index in [1.807, 2.05) is 18.2 Å². The normalized spacial score (nSPS) is 14.0. The van der Waals surface area contributed by atoms with Crippen LogP contribution in [0.3, 0.4) is 0 Å². The lowest BCUT2D eigenvalue weighted by Gasteiger charge is -2.16. The van der Waals surface area contributed by atoms with E-state index in [9.17, 15) is 9.59 Å². The van der Waals surface area contributed by atoms with Crippen LogP contribution in [-0.4, -0.2) is 42.0 Å². The summed E-state index contributed by atoms with van der Waals surface area (Å²) in [7, 11) is 0. The van der Waals surface area contributed by atoms with Gasteiger partial charge in [0.1, 0.15) is 0 Å². The van der Waals surface area contributed by atoms with E-state index in [1.54, 1.807) is 0 Å². The molecule has 0 spiro atoms. The van der Waals surface area contributed by atoms with E-state index in [2.05, 4.69) is 22.8 Å². The van der Waals surface area contributed by atoms with Crippen molar-refractivity contribution >= 4 is 29.2 Å². The Balaban J connectivity index is 0.000000293. The lowest BCUT2D eigenvalue weighted by atomic mass is 10.0. The second-order valence-electron chi connectivity index (χ2n) is 7.14. The lowest BCUT2D eigenvalue weighted by molar-refractivity contribution is -0.143. The average molecular weight is 449 g/mol. The molecule has 0 atom stereocenters. The SMILES string of the molecule is Clc1ccc2c(c1NCc1ccc3c(c1)OCO3)CCNCC2.O=C(O)CCC(=O)O. The molecule has 4 N–H and O–H groups in total. The average Bonchev–Trinajstić information content (AvgIpc) is 3.08. The number of carboxylic acid groups (broad SMARTS) is 2. The molecule has 0 saturated heterocycles. The zero-order valence-electron chi connectivity index (χ0n) is 16.9. The Morgan fingerprint density at radius 1 is 1.00 bits per heavy atom. The van der Waals surface area contributed by atoms with E-state index in [1.165, 1.54) is 11.1 Å². The molecule has 2 aliphatic rings. The van der Waals surface area contributed by atoms with Gasteiger partial charge in [-0.1, -0.05) is 23.7 Å². The second-order valence-corrected chi connectivity index (χ2v) is 7.55. The van der Waals surface area contributed by atoms with E-state index in [0.29, 0.717) is 13.3 Å². The molecule has 9 heteroatoms. The van der Waals surface area contributed by atoms with Crippen molar-refractivity contribution in [3.05, 3.63) is 52.0 Å². The van der Waals surface area contributed by atoms with Crippen LogP contribution in [0.15, 0.2) is 30.3 Å². The number of benzene rings is 2. The molecule has 0 saturated carbocycles. The van der Waals surface area contributed by atoms with Crippen LogP contribution in [0.5, 0.6) is 11.5 Å². The van der Waals surface area contributed by atoms with Crippen LogP contribution in [0.1, 0.15) is 29.5 Å². The molecule has 8 nitrogen and oxygen atoms in total. The maximum Gasteiger partial charge on any atom is 0.303 e. The van der Waals surface area contributed by atoms with Crippen molar-refractivity contribution < 1.29 is 29.3 Å². The fraction of sp³-hybridized carbons (Fsp3) is 0.364. The number of anilines is 1. The van der Waals surface area contributed by atoms with Crippen molar-refractivity contribution in [2.45, 2.75) is 32.2 Å². The van der Waals surface area contributed by atoms with E-state index >= 15 is 0 Å². The maximum atomic E-state index is 9.64. The number of fused-ring (bicyclic) bond motifs is 2. The zero-order chi connectivity index (χ0) is 22.2. The number of ether oxygens (including phenoxy) is 2. The molecule has 0 radical (unpaired) electrons. The first-order valence-corrected chi connectivity index (χ1v) is 10.4. The van der Waals surface area contributed by atoms with Crippen LogP contribution in [0.4, 0.5) is 5.69 Å². The Bertz CT molecular complexity index is 936. The topological polar surface area (TPSA) is 117 Å². The van der Waals surface area contributed by atoms with Crippen molar-refractivity contribution in [2.75, 3.05) is 25.2 Å². The smallest absolute Gasteiger partial charge is 0.303 e. The number of carbonyl (C=O) groups is 2. The molecule has 0 fully saturated rings. The summed E-state index contributed by atoms with van der Waals surface area (Å²) in [5.74, 6) is -0.530. The summed E-state index contributed by atoms with van der Waals surface area (Å²) >= 11 is 6.45. The molecule has 2 aliphatic heterocycles. The molecular formula is C22H25ClN2O6. The highest BCUT2D eigenvalue weighted by molar-refractivity contribution is 6.33. The number of hydrogen-bond donors (Lipinski definition) is 4. The highest BCUT2D eigenvalue weighted by atomic mass is 35.5. The summed E-state index contributed by atoms with van der Waals surface area (Å²) in [4.78, 5) is 19.3. The summed E-state index contributed by atoms with van der Waals surface area (Å²) in [5, 5.41) is 23.5. The molecule has 31 heavy (non-hydrogen) atoms. The third kappa shape index (κ3) is 6.50. The molecule has 4 rings (SSSR count). The van der Waals surface area contributed by atoms with E-state index in [-0.39, 0.29) is 12.8 Å². The monoisotopic (exact) mass is 448 g/mol. The second kappa shape index (κ2) is 10.9. The molecule has 0 unspecified atom stereocenters. The van der Waals surface area contributed by atoms with Crippen LogP contribution in [0, 0.1) is 0 Å². The highest BCUT2D eigenvalue weighted by Crippen LogP contribution is 2.34. The van der Waals surface area contributed by atoms with Gasteiger partial charge in [-0.3, -0.25) is 9.59 Å². The molecule has 166 valence electrons. The van der Waals surface area contributed by atoms with E-state index in [0.717, 1.165) is 53.7 Å². The van der Waals surface area contributed by atoms with Crippen molar-refractivity contribution in [1.29, 1.82) is 0 Å². The van der Waals surface area contributed by atoms with Crippen LogP contribution in [-0.2, 0) is 29.0 Å². The molecular weight excluding hydrogens is 424 g/mol. The van der Waals surface area contributed by atoms with Gasteiger partial charge in [0.25, 0.3) is 0 Å². The Labute approximate surface area is 185 Å². The molecule has 0 bridgehead atoms. The largest absolute Gasteiger partial charge is 0.481 e. The van der Waals surface area contributed by atoms with Gasteiger partial charge in [0, 0.05) is 6.54 Å². The number of rotatable bonds is 6. The van der Waals surface area contributed by atoms with Gasteiger partial charge >= 0.3 is 11.9 Å². The van der Waals surface area contributed by atoms with Gasteiger partial charge in [0.2, 0.25) is 6.79 Å². The predicted octanol–water partition coefficient (Wildman–Crippen LogP) is 3.30. The third-order valence-corrected chi connectivity index (χ3v) is 5.26. The van der Waals surface area contributed by atoms with Crippen LogP contribution < -0.4 is 20.1 Å². The van der Waals surface area contributed by atoms with Crippen LogP contribution in [0.25, 0.3) is 0 Å². The van der Waals surface area contributed by atoms with Crippen molar-refractivity contribution in [3.63, 3.8) is 0 Å². The Hall–Kier alpha value is -2.97. The van der Waals surface area contributed by atoms with Crippen molar-refractivity contribution in [3.8, 4) is 11.5 Å². The summed E-state index contributed by atoms with van der Waals surface area (Å²) < 4.78 is 10.8. The molecule has 0 aliphatic carbocycles. The summed E-state index contributed by atoms with van der Waals surface area (Å²) in [6.07, 6.45) is 1.45. The standard InChI is InChI=1S/C18H19ClN2O2.C4H6O4/c19-15-3-2-13-5-7-20-8-6-14(13)18(15)21-10-12-1-4-16-17(9-12)23-11-22-16;5-3(6)1-2-4(7)8/h1-4,9,20-21H,5-8,10-11H2;1-2H2,(H,5,6)(H,7,8). The number of aliphatic carboxylic acids is 2. The number of halogens is 1. The highest BCUT2D eigenvalue weighted by Gasteiger charge is 2.16. The minimum Gasteiger partial charge on any atom is -0.481 e. The molecule has 0 aromatic heterocycles. The Morgan fingerprint density at radius 2 is 1.71 bits per heavy atom. The fourth-order valence-electron chi connectivity index (χ4n) is 3.39. The van der Waals surface area contributed by atoms with E-state index < -0.39 is 11.9 Å². The molecule has 0 amide bonds. The first kappa shape index (κ1) is 22.7. The predicted molar refractivity (Wildman–Crippen MR) is 116 cm³/mol. The minimum atomic E-state index is -1.08. The quantitative estimate of drug-likeness (QED) is 0.531. The van der Waals surface area contributed by atoms with Gasteiger partial charge in [-0.05, 0) is 60.8 Å². The Morgan fingerprint density at radius 3 is 2.45 bits per heavy atom. The van der Waals surface area contributed by atoms with Gasteiger partial charge in [-0.2, -0.15) is 0 Å². The summed E-state index contributed by atoms with van der Waals surface area (Å²) in [6.45, 7) is 3.03. The molecule has 2 heterocycles. The molecule has 2 aromatic carbocycles. The van der Waals surface area contributed by atoms with Gasteiger partial charge in [-0.15, -0.1) is 0 Å². The lowest BCUT2D eigenvalue weighted by Crippen LogP contribution is -2.16. The first-order chi connectivity index (χ1) is 14.9. The van der Waals surface area contributed by atoms with Gasteiger partial charge in [0.15, 0.2) is 11.5 Å².